The molecule has 0 bridgehead atoms. The maximum Gasteiger partial charge on any atom is 0.252 e. The standard InChI is InChI=1S/C14H14BrNO3/c1-9-7-10(15)4-5-11(9)14(18)16-12(8-17)13-3-2-6-19-13/h2-7,12,17H,8H2,1H3,(H,16,18). The van der Waals surface area contributed by atoms with Crippen LogP contribution < -0.4 is 5.32 Å². The Morgan fingerprint density at radius 1 is 1.47 bits per heavy atom. The quantitative estimate of drug-likeness (QED) is 0.909. The van der Waals surface area contributed by atoms with E-state index in [1.54, 1.807) is 18.2 Å². The molecule has 0 spiro atoms. The Hall–Kier alpha value is -1.59. The van der Waals surface area contributed by atoms with Crippen molar-refractivity contribution in [2.75, 3.05) is 6.61 Å². The molecule has 1 amide bonds. The number of carbonyl (C=O) groups excluding carboxylic acids is 1. The summed E-state index contributed by atoms with van der Waals surface area (Å²) >= 11 is 3.35. The van der Waals surface area contributed by atoms with Crippen molar-refractivity contribution in [1.82, 2.24) is 5.32 Å². The van der Waals surface area contributed by atoms with E-state index in [4.69, 9.17) is 4.42 Å². The minimum Gasteiger partial charge on any atom is -0.467 e. The Kier molecular flexibility index (Phi) is 4.39. The summed E-state index contributed by atoms with van der Waals surface area (Å²) in [5.74, 6) is 0.297. The molecule has 0 saturated heterocycles. The Balaban J connectivity index is 2.16. The van der Waals surface area contributed by atoms with Crippen LogP contribution >= 0.6 is 15.9 Å². The fourth-order valence-corrected chi connectivity index (χ4v) is 2.29. The number of nitrogens with one attached hydrogen (secondary N) is 1. The average Bonchev–Trinajstić information content (AvgIpc) is 2.89. The van der Waals surface area contributed by atoms with Gasteiger partial charge in [-0.1, -0.05) is 15.9 Å². The third-order valence-corrected chi connectivity index (χ3v) is 3.30. The Bertz CT molecular complexity index is 566. The van der Waals surface area contributed by atoms with E-state index in [-0.39, 0.29) is 12.5 Å². The molecule has 1 aromatic carbocycles. The van der Waals surface area contributed by atoms with Crippen molar-refractivity contribution in [2.45, 2.75) is 13.0 Å². The van der Waals surface area contributed by atoms with Gasteiger partial charge in [-0.2, -0.15) is 0 Å². The number of benzene rings is 1. The summed E-state index contributed by atoms with van der Waals surface area (Å²) in [4.78, 5) is 12.2. The third-order valence-electron chi connectivity index (χ3n) is 2.81. The molecule has 0 saturated carbocycles. The van der Waals surface area contributed by atoms with Gasteiger partial charge in [-0.25, -0.2) is 0 Å². The zero-order valence-corrected chi connectivity index (χ0v) is 12.0. The summed E-state index contributed by atoms with van der Waals surface area (Å²) in [5, 5.41) is 12.1. The SMILES string of the molecule is Cc1cc(Br)ccc1C(=O)NC(CO)c1ccco1. The maximum absolute atomic E-state index is 12.2. The fraction of sp³-hybridized carbons (Fsp3) is 0.214. The van der Waals surface area contributed by atoms with Gasteiger partial charge < -0.3 is 14.8 Å². The number of halogens is 1. The van der Waals surface area contributed by atoms with Crippen LogP contribution in [0.25, 0.3) is 0 Å². The zero-order valence-electron chi connectivity index (χ0n) is 10.4. The molecule has 19 heavy (non-hydrogen) atoms. The lowest BCUT2D eigenvalue weighted by Gasteiger charge is -2.15. The van der Waals surface area contributed by atoms with Crippen LogP contribution in [0.4, 0.5) is 0 Å². The molecule has 0 aliphatic heterocycles. The lowest BCUT2D eigenvalue weighted by atomic mass is 10.1. The number of aliphatic hydroxyl groups excluding tert-OH is 1. The number of aliphatic hydroxyl groups is 1. The highest BCUT2D eigenvalue weighted by Gasteiger charge is 2.18. The highest BCUT2D eigenvalue weighted by Crippen LogP contribution is 2.18. The summed E-state index contributed by atoms with van der Waals surface area (Å²) in [6.07, 6.45) is 1.51. The monoisotopic (exact) mass is 323 g/mol. The molecule has 1 unspecified atom stereocenters. The minimum atomic E-state index is -0.537. The van der Waals surface area contributed by atoms with E-state index in [2.05, 4.69) is 21.2 Å². The van der Waals surface area contributed by atoms with Crippen molar-refractivity contribution in [1.29, 1.82) is 0 Å². The van der Waals surface area contributed by atoms with Crippen molar-refractivity contribution in [2.24, 2.45) is 0 Å². The molecule has 1 heterocycles. The van der Waals surface area contributed by atoms with Crippen LogP contribution in [0.5, 0.6) is 0 Å². The molecule has 0 aliphatic carbocycles. The van der Waals surface area contributed by atoms with E-state index < -0.39 is 6.04 Å². The molecule has 0 fully saturated rings. The normalized spacial score (nSPS) is 12.2. The molecule has 1 atom stereocenters. The van der Waals surface area contributed by atoms with Crippen molar-refractivity contribution in [3.05, 3.63) is 58.0 Å². The molecule has 4 nitrogen and oxygen atoms in total. The number of carbonyl (C=O) groups is 1. The lowest BCUT2D eigenvalue weighted by molar-refractivity contribution is 0.0906. The first-order valence-corrected chi connectivity index (χ1v) is 6.62. The first-order valence-electron chi connectivity index (χ1n) is 5.83. The highest BCUT2D eigenvalue weighted by atomic mass is 79.9. The van der Waals surface area contributed by atoms with Gasteiger partial charge in [0.2, 0.25) is 0 Å². The van der Waals surface area contributed by atoms with Crippen LogP contribution in [0.2, 0.25) is 0 Å². The van der Waals surface area contributed by atoms with Gasteiger partial charge in [0.1, 0.15) is 11.8 Å². The number of rotatable bonds is 4. The van der Waals surface area contributed by atoms with E-state index in [9.17, 15) is 9.90 Å². The van der Waals surface area contributed by atoms with Gasteiger partial charge in [-0.3, -0.25) is 4.79 Å². The van der Waals surface area contributed by atoms with Gasteiger partial charge in [0.05, 0.1) is 12.9 Å². The smallest absolute Gasteiger partial charge is 0.252 e. The first kappa shape index (κ1) is 13.8. The lowest BCUT2D eigenvalue weighted by Crippen LogP contribution is -2.31. The second kappa shape index (κ2) is 6.04. The number of furan rings is 1. The summed E-state index contributed by atoms with van der Waals surface area (Å²) < 4.78 is 6.11. The van der Waals surface area contributed by atoms with E-state index in [1.165, 1.54) is 6.26 Å². The average molecular weight is 324 g/mol. The topological polar surface area (TPSA) is 62.5 Å². The van der Waals surface area contributed by atoms with E-state index >= 15 is 0 Å². The van der Waals surface area contributed by atoms with Gasteiger partial charge in [-0.15, -0.1) is 0 Å². The Morgan fingerprint density at radius 2 is 2.26 bits per heavy atom. The van der Waals surface area contributed by atoms with E-state index in [0.717, 1.165) is 10.0 Å². The van der Waals surface area contributed by atoms with Crippen LogP contribution in [-0.2, 0) is 0 Å². The molecule has 2 N–H and O–H groups in total. The summed E-state index contributed by atoms with van der Waals surface area (Å²) in [5.41, 5.74) is 1.44. The molecular formula is C14H14BrNO3. The summed E-state index contributed by atoms with van der Waals surface area (Å²) in [6, 6.07) is 8.32. The molecule has 100 valence electrons. The zero-order chi connectivity index (χ0) is 13.8. The van der Waals surface area contributed by atoms with Crippen LogP contribution in [0, 0.1) is 6.92 Å². The second-order valence-electron chi connectivity index (χ2n) is 4.18. The number of aryl methyl sites for hydroxylation is 1. The van der Waals surface area contributed by atoms with Gasteiger partial charge in [-0.05, 0) is 42.8 Å². The summed E-state index contributed by atoms with van der Waals surface area (Å²) in [6.45, 7) is 1.65. The second-order valence-corrected chi connectivity index (χ2v) is 5.10. The number of hydrogen-bond acceptors (Lipinski definition) is 3. The van der Waals surface area contributed by atoms with Gasteiger partial charge in [0, 0.05) is 10.0 Å². The molecule has 2 aromatic rings. The van der Waals surface area contributed by atoms with Gasteiger partial charge in [0.25, 0.3) is 5.91 Å². The van der Waals surface area contributed by atoms with Crippen molar-refractivity contribution >= 4 is 21.8 Å². The van der Waals surface area contributed by atoms with Crippen molar-refractivity contribution in [3.8, 4) is 0 Å². The fourth-order valence-electron chi connectivity index (χ4n) is 1.81. The molecule has 0 radical (unpaired) electrons. The van der Waals surface area contributed by atoms with E-state index in [1.807, 2.05) is 19.1 Å². The highest BCUT2D eigenvalue weighted by molar-refractivity contribution is 9.10. The largest absolute Gasteiger partial charge is 0.467 e. The third kappa shape index (κ3) is 3.24. The number of hydrogen-bond donors (Lipinski definition) is 2. The molecule has 0 aliphatic rings. The maximum atomic E-state index is 12.2. The van der Waals surface area contributed by atoms with Crippen LogP contribution in [0.1, 0.15) is 27.7 Å². The summed E-state index contributed by atoms with van der Waals surface area (Å²) in [7, 11) is 0. The number of amides is 1. The molecule has 2 rings (SSSR count). The Morgan fingerprint density at radius 3 is 2.84 bits per heavy atom. The Labute approximate surface area is 119 Å². The minimum absolute atomic E-state index is 0.213. The molecule has 5 heteroatoms. The van der Waals surface area contributed by atoms with Gasteiger partial charge >= 0.3 is 0 Å². The molecular weight excluding hydrogens is 310 g/mol. The first-order chi connectivity index (χ1) is 9.11. The van der Waals surface area contributed by atoms with Crippen LogP contribution in [0.15, 0.2) is 45.5 Å². The van der Waals surface area contributed by atoms with Crippen LogP contribution in [0.3, 0.4) is 0 Å². The van der Waals surface area contributed by atoms with Crippen LogP contribution in [-0.4, -0.2) is 17.6 Å². The predicted octanol–water partition coefficient (Wildman–Crippen LogP) is 2.81. The predicted molar refractivity (Wildman–Crippen MR) is 74.9 cm³/mol. The van der Waals surface area contributed by atoms with Crippen molar-refractivity contribution < 1.29 is 14.3 Å². The van der Waals surface area contributed by atoms with E-state index in [0.29, 0.717) is 11.3 Å². The van der Waals surface area contributed by atoms with Gasteiger partial charge in [0.15, 0.2) is 0 Å². The molecule has 1 aromatic heterocycles. The van der Waals surface area contributed by atoms with Crippen molar-refractivity contribution in [3.63, 3.8) is 0 Å².